The van der Waals surface area contributed by atoms with E-state index >= 15 is 0 Å². The van der Waals surface area contributed by atoms with E-state index in [0.29, 0.717) is 16.7 Å². The molecule has 0 aliphatic heterocycles. The molecule has 0 radical (unpaired) electrons. The molecule has 0 heterocycles. The molecule has 0 saturated heterocycles. The van der Waals surface area contributed by atoms with Crippen molar-refractivity contribution < 1.29 is 9.53 Å². The summed E-state index contributed by atoms with van der Waals surface area (Å²) in [5.74, 6) is 2.91. The Morgan fingerprint density at radius 3 is 2.08 bits per heavy atom. The molecule has 1 unspecified atom stereocenters. The lowest BCUT2D eigenvalue weighted by Crippen LogP contribution is -2.39. The molecule has 2 saturated carbocycles. The fourth-order valence-corrected chi connectivity index (χ4v) is 7.33. The molecule has 0 bridgehead atoms. The van der Waals surface area contributed by atoms with Gasteiger partial charge in [-0.2, -0.15) is 0 Å². The highest BCUT2D eigenvalue weighted by atomic mass is 16.5. The first kappa shape index (κ1) is 27.0. The topological polar surface area (TPSA) is 26.3 Å². The summed E-state index contributed by atoms with van der Waals surface area (Å²) in [6.07, 6.45) is 18.7. The quantitative estimate of drug-likeness (QED) is 0.246. The van der Waals surface area contributed by atoms with Crippen LogP contribution in [0.5, 0.6) is 5.75 Å². The van der Waals surface area contributed by atoms with Gasteiger partial charge in [-0.05, 0) is 97.1 Å². The van der Waals surface area contributed by atoms with Crippen molar-refractivity contribution in [2.24, 2.45) is 23.2 Å². The average Bonchev–Trinajstić information content (AvgIpc) is 2.93. The van der Waals surface area contributed by atoms with E-state index in [1.807, 2.05) is 24.3 Å². The van der Waals surface area contributed by atoms with Gasteiger partial charge in [0.2, 0.25) is 0 Å². The predicted octanol–water partition coefficient (Wildman–Crippen LogP) is 9.59. The standard InChI is InChI=1S/C34H48O2/c1-4-10-27-15-21-31(22-16-27)36-33(35)30-19-13-28(14-20-30)25-32(29-17-11-26(5-2)12-18-29)34(6-3)23-8-7-9-24-34/h13-16,19-22,26,29,32H,4-12,17-18,23-25H2,1-3H3/t26-,29-,32?. The van der Waals surface area contributed by atoms with Gasteiger partial charge < -0.3 is 4.74 Å². The minimum absolute atomic E-state index is 0.267. The van der Waals surface area contributed by atoms with Crippen LogP contribution in [0.2, 0.25) is 0 Å². The van der Waals surface area contributed by atoms with E-state index < -0.39 is 0 Å². The minimum atomic E-state index is -0.267. The fraction of sp³-hybridized carbons (Fsp3) is 0.618. The number of hydrogen-bond acceptors (Lipinski definition) is 2. The van der Waals surface area contributed by atoms with Crippen LogP contribution in [-0.2, 0) is 12.8 Å². The second-order valence-electron chi connectivity index (χ2n) is 11.8. The lowest BCUT2D eigenvalue weighted by atomic mass is 9.56. The summed E-state index contributed by atoms with van der Waals surface area (Å²) in [6.45, 7) is 6.99. The summed E-state index contributed by atoms with van der Waals surface area (Å²) in [5, 5.41) is 0. The molecule has 0 N–H and O–H groups in total. The molecule has 0 aromatic heterocycles. The third-order valence-electron chi connectivity index (χ3n) is 9.70. The van der Waals surface area contributed by atoms with Crippen LogP contribution < -0.4 is 4.74 Å². The molecule has 2 aliphatic rings. The Morgan fingerprint density at radius 2 is 1.50 bits per heavy atom. The van der Waals surface area contributed by atoms with Gasteiger partial charge in [-0.15, -0.1) is 0 Å². The molecule has 2 aromatic rings. The van der Waals surface area contributed by atoms with Crippen molar-refractivity contribution in [2.75, 3.05) is 0 Å². The summed E-state index contributed by atoms with van der Waals surface area (Å²) in [4.78, 5) is 12.8. The predicted molar refractivity (Wildman–Crippen MR) is 151 cm³/mol. The molecule has 2 nitrogen and oxygen atoms in total. The van der Waals surface area contributed by atoms with E-state index in [2.05, 4.69) is 45.0 Å². The highest BCUT2D eigenvalue weighted by Gasteiger charge is 2.42. The number of esters is 1. The van der Waals surface area contributed by atoms with Crippen LogP contribution in [0.15, 0.2) is 48.5 Å². The molecule has 2 aromatic carbocycles. The maximum absolute atomic E-state index is 12.8. The lowest BCUT2D eigenvalue weighted by molar-refractivity contribution is 0.0268. The van der Waals surface area contributed by atoms with Gasteiger partial charge in [-0.3, -0.25) is 0 Å². The summed E-state index contributed by atoms with van der Waals surface area (Å²) in [7, 11) is 0. The molecule has 0 spiro atoms. The number of rotatable bonds is 10. The highest BCUT2D eigenvalue weighted by molar-refractivity contribution is 5.91. The molecule has 2 aliphatic carbocycles. The third kappa shape index (κ3) is 6.61. The van der Waals surface area contributed by atoms with Gasteiger partial charge in [0.15, 0.2) is 0 Å². The fourth-order valence-electron chi connectivity index (χ4n) is 7.33. The smallest absolute Gasteiger partial charge is 0.343 e. The van der Waals surface area contributed by atoms with Crippen molar-refractivity contribution >= 4 is 5.97 Å². The molecule has 36 heavy (non-hydrogen) atoms. The third-order valence-corrected chi connectivity index (χ3v) is 9.70. The van der Waals surface area contributed by atoms with Crippen LogP contribution in [0.25, 0.3) is 0 Å². The zero-order valence-corrected chi connectivity index (χ0v) is 23.1. The molecule has 196 valence electrons. The Bertz CT molecular complexity index is 928. The number of ether oxygens (including phenoxy) is 1. The molecular weight excluding hydrogens is 440 g/mol. The number of carbonyl (C=O) groups is 1. The zero-order chi connectivity index (χ0) is 25.4. The normalized spacial score (nSPS) is 22.6. The van der Waals surface area contributed by atoms with Gasteiger partial charge >= 0.3 is 5.97 Å². The van der Waals surface area contributed by atoms with E-state index in [1.54, 1.807) is 0 Å². The number of hydrogen-bond donors (Lipinski definition) is 0. The molecule has 2 fully saturated rings. The molecule has 4 rings (SSSR count). The van der Waals surface area contributed by atoms with Gasteiger partial charge in [0, 0.05) is 0 Å². The maximum Gasteiger partial charge on any atom is 0.343 e. The van der Waals surface area contributed by atoms with Crippen molar-refractivity contribution in [1.29, 1.82) is 0 Å². The molecule has 1 atom stereocenters. The Morgan fingerprint density at radius 1 is 0.861 bits per heavy atom. The van der Waals surface area contributed by atoms with Crippen molar-refractivity contribution in [2.45, 2.75) is 111 Å². The second-order valence-corrected chi connectivity index (χ2v) is 11.8. The SMILES string of the molecule is CCCc1ccc(OC(=O)c2ccc(CC([C@H]3CC[C@H](CC)CC3)C3(CC)CCCCC3)cc2)cc1. The van der Waals surface area contributed by atoms with Gasteiger partial charge in [-0.25, -0.2) is 4.79 Å². The van der Waals surface area contributed by atoms with Crippen molar-refractivity contribution in [3.05, 3.63) is 65.2 Å². The van der Waals surface area contributed by atoms with E-state index in [0.717, 1.165) is 37.0 Å². The summed E-state index contributed by atoms with van der Waals surface area (Å²) >= 11 is 0. The van der Waals surface area contributed by atoms with E-state index in [4.69, 9.17) is 4.74 Å². The summed E-state index contributed by atoms with van der Waals surface area (Å²) in [5.41, 5.74) is 3.81. The Hall–Kier alpha value is -2.09. The van der Waals surface area contributed by atoms with Crippen molar-refractivity contribution in [3.8, 4) is 5.75 Å². The Balaban J connectivity index is 1.45. The van der Waals surface area contributed by atoms with Gasteiger partial charge in [-0.1, -0.05) is 96.4 Å². The largest absolute Gasteiger partial charge is 0.423 e. The maximum atomic E-state index is 12.8. The number of carbonyl (C=O) groups excluding carboxylic acids is 1. The Kier molecular flexibility index (Phi) is 9.68. The van der Waals surface area contributed by atoms with Gasteiger partial charge in [0.25, 0.3) is 0 Å². The highest BCUT2D eigenvalue weighted by Crippen LogP contribution is 2.52. The van der Waals surface area contributed by atoms with Crippen LogP contribution in [0.4, 0.5) is 0 Å². The zero-order valence-electron chi connectivity index (χ0n) is 23.1. The van der Waals surface area contributed by atoms with Crippen LogP contribution in [-0.4, -0.2) is 5.97 Å². The van der Waals surface area contributed by atoms with E-state index in [9.17, 15) is 4.79 Å². The Labute approximate surface area is 220 Å². The molecule has 2 heteroatoms. The summed E-state index contributed by atoms with van der Waals surface area (Å²) in [6, 6.07) is 16.3. The van der Waals surface area contributed by atoms with Gasteiger partial charge in [0.1, 0.15) is 5.75 Å². The van der Waals surface area contributed by atoms with Crippen molar-refractivity contribution in [3.63, 3.8) is 0 Å². The first-order valence-electron chi connectivity index (χ1n) is 15.0. The monoisotopic (exact) mass is 488 g/mol. The van der Waals surface area contributed by atoms with Crippen LogP contribution in [0, 0.1) is 23.2 Å². The van der Waals surface area contributed by atoms with Crippen LogP contribution in [0.1, 0.15) is 119 Å². The second kappa shape index (κ2) is 12.9. The van der Waals surface area contributed by atoms with E-state index in [1.165, 1.54) is 81.8 Å². The average molecular weight is 489 g/mol. The number of benzene rings is 2. The van der Waals surface area contributed by atoms with Crippen LogP contribution in [0.3, 0.4) is 0 Å². The first-order valence-corrected chi connectivity index (χ1v) is 15.0. The van der Waals surface area contributed by atoms with Gasteiger partial charge in [0.05, 0.1) is 5.56 Å². The molecule has 0 amide bonds. The minimum Gasteiger partial charge on any atom is -0.423 e. The van der Waals surface area contributed by atoms with Crippen LogP contribution >= 0.6 is 0 Å². The number of aryl methyl sites for hydroxylation is 1. The first-order chi connectivity index (χ1) is 17.6. The summed E-state index contributed by atoms with van der Waals surface area (Å²) < 4.78 is 5.66. The van der Waals surface area contributed by atoms with Crippen molar-refractivity contribution in [1.82, 2.24) is 0 Å². The van der Waals surface area contributed by atoms with E-state index in [-0.39, 0.29) is 5.97 Å². The molecular formula is C34H48O2. The lowest BCUT2D eigenvalue weighted by Gasteiger charge is -2.48.